The van der Waals surface area contributed by atoms with Crippen LogP contribution in [0.4, 0.5) is 5.69 Å². The molecule has 0 aromatic heterocycles. The predicted molar refractivity (Wildman–Crippen MR) is 74.6 cm³/mol. The van der Waals surface area contributed by atoms with Gasteiger partial charge in [0.25, 0.3) is 0 Å². The molecule has 1 aliphatic rings. The minimum Gasteiger partial charge on any atom is -0.383 e. The molecule has 0 aliphatic carbocycles. The van der Waals surface area contributed by atoms with E-state index in [9.17, 15) is 0 Å². The second kappa shape index (κ2) is 5.54. The molecule has 2 rings (SSSR count). The summed E-state index contributed by atoms with van der Waals surface area (Å²) in [6.07, 6.45) is 3.88. The van der Waals surface area contributed by atoms with Crippen molar-refractivity contribution in [3.05, 3.63) is 29.3 Å². The summed E-state index contributed by atoms with van der Waals surface area (Å²) in [5.74, 6) is 0. The Morgan fingerprint density at radius 1 is 1.35 bits per heavy atom. The minimum absolute atomic E-state index is 0.535. The lowest BCUT2D eigenvalue weighted by atomic mass is 10.1. The molecular weight excluding hydrogens is 208 g/mol. The summed E-state index contributed by atoms with van der Waals surface area (Å²) in [5, 5.41) is 7.15. The monoisotopic (exact) mass is 232 g/mol. The van der Waals surface area contributed by atoms with Crippen LogP contribution in [0.5, 0.6) is 0 Å². The van der Waals surface area contributed by atoms with Gasteiger partial charge in [0.2, 0.25) is 0 Å². The number of nitrogens with one attached hydrogen (secondary N) is 2. The molecule has 0 radical (unpaired) electrons. The lowest BCUT2D eigenvalue weighted by Crippen LogP contribution is -2.29. The Bertz CT molecular complexity index is 367. The van der Waals surface area contributed by atoms with E-state index in [1.165, 1.54) is 42.6 Å². The van der Waals surface area contributed by atoms with Gasteiger partial charge >= 0.3 is 0 Å². The zero-order valence-electron chi connectivity index (χ0n) is 11.2. The van der Waals surface area contributed by atoms with Crippen LogP contribution in [0.1, 0.15) is 37.3 Å². The number of rotatable bonds is 4. The SMILES string of the molecule is Cc1ccc(NC(C)CC2CCCN2)cc1C. The van der Waals surface area contributed by atoms with E-state index in [-0.39, 0.29) is 0 Å². The number of hydrogen-bond acceptors (Lipinski definition) is 2. The molecule has 2 unspecified atom stereocenters. The van der Waals surface area contributed by atoms with Crippen LogP contribution in [0, 0.1) is 13.8 Å². The van der Waals surface area contributed by atoms with Crippen LogP contribution in [0.2, 0.25) is 0 Å². The van der Waals surface area contributed by atoms with Crippen molar-refractivity contribution in [1.29, 1.82) is 0 Å². The highest BCUT2D eigenvalue weighted by Gasteiger charge is 2.16. The first kappa shape index (κ1) is 12.4. The van der Waals surface area contributed by atoms with Gasteiger partial charge in [-0.1, -0.05) is 6.07 Å². The van der Waals surface area contributed by atoms with Crippen LogP contribution in [-0.2, 0) is 0 Å². The van der Waals surface area contributed by atoms with Gasteiger partial charge in [0.05, 0.1) is 0 Å². The Hall–Kier alpha value is -1.02. The van der Waals surface area contributed by atoms with Crippen LogP contribution >= 0.6 is 0 Å². The maximum atomic E-state index is 3.60. The quantitative estimate of drug-likeness (QED) is 0.832. The molecule has 0 saturated carbocycles. The highest BCUT2D eigenvalue weighted by molar-refractivity contribution is 5.48. The average molecular weight is 232 g/mol. The summed E-state index contributed by atoms with van der Waals surface area (Å²) < 4.78 is 0. The van der Waals surface area contributed by atoms with Crippen molar-refractivity contribution in [3.63, 3.8) is 0 Å². The highest BCUT2D eigenvalue weighted by atomic mass is 15.0. The van der Waals surface area contributed by atoms with Crippen LogP contribution in [-0.4, -0.2) is 18.6 Å². The molecule has 1 aromatic rings. The zero-order valence-corrected chi connectivity index (χ0v) is 11.2. The third kappa shape index (κ3) is 3.47. The fraction of sp³-hybridized carbons (Fsp3) is 0.600. The van der Waals surface area contributed by atoms with E-state index in [1.54, 1.807) is 0 Å². The number of aryl methyl sites for hydroxylation is 2. The van der Waals surface area contributed by atoms with Crippen LogP contribution < -0.4 is 10.6 Å². The van der Waals surface area contributed by atoms with Gasteiger partial charge in [0, 0.05) is 17.8 Å². The standard InChI is InChI=1S/C15H24N2/c1-11-6-7-15(9-12(11)2)17-13(3)10-14-5-4-8-16-14/h6-7,9,13-14,16-17H,4-5,8,10H2,1-3H3. The second-order valence-electron chi connectivity index (χ2n) is 5.37. The normalized spacial score (nSPS) is 21.5. The van der Waals surface area contributed by atoms with Crippen LogP contribution in [0.15, 0.2) is 18.2 Å². The van der Waals surface area contributed by atoms with Gasteiger partial charge in [-0.15, -0.1) is 0 Å². The van der Waals surface area contributed by atoms with Gasteiger partial charge < -0.3 is 10.6 Å². The average Bonchev–Trinajstić information content (AvgIpc) is 2.76. The summed E-state index contributed by atoms with van der Waals surface area (Å²) in [6.45, 7) is 7.80. The van der Waals surface area contributed by atoms with Gasteiger partial charge in [-0.25, -0.2) is 0 Å². The molecule has 1 aromatic carbocycles. The first-order chi connectivity index (χ1) is 8.15. The van der Waals surface area contributed by atoms with Gasteiger partial charge in [0.15, 0.2) is 0 Å². The minimum atomic E-state index is 0.535. The molecule has 17 heavy (non-hydrogen) atoms. The number of benzene rings is 1. The summed E-state index contributed by atoms with van der Waals surface area (Å²) in [7, 11) is 0. The third-order valence-corrected chi connectivity index (χ3v) is 3.72. The van der Waals surface area contributed by atoms with Crippen molar-refractivity contribution >= 4 is 5.69 Å². The Morgan fingerprint density at radius 3 is 2.82 bits per heavy atom. The van der Waals surface area contributed by atoms with Crippen molar-refractivity contribution in [2.45, 2.75) is 52.1 Å². The number of anilines is 1. The van der Waals surface area contributed by atoms with Gasteiger partial charge in [0.1, 0.15) is 0 Å². The molecule has 1 saturated heterocycles. The molecule has 0 bridgehead atoms. The maximum absolute atomic E-state index is 3.60. The Kier molecular flexibility index (Phi) is 4.06. The van der Waals surface area contributed by atoms with E-state index in [0.29, 0.717) is 12.1 Å². The molecular formula is C15H24N2. The Balaban J connectivity index is 1.88. The lowest BCUT2D eigenvalue weighted by Gasteiger charge is -2.19. The fourth-order valence-electron chi connectivity index (χ4n) is 2.56. The van der Waals surface area contributed by atoms with E-state index in [0.717, 1.165) is 0 Å². The van der Waals surface area contributed by atoms with E-state index >= 15 is 0 Å². The molecule has 2 heteroatoms. The molecule has 1 aliphatic heterocycles. The second-order valence-corrected chi connectivity index (χ2v) is 5.37. The first-order valence-electron chi connectivity index (χ1n) is 6.72. The van der Waals surface area contributed by atoms with E-state index in [2.05, 4.69) is 49.6 Å². The first-order valence-corrected chi connectivity index (χ1v) is 6.72. The topological polar surface area (TPSA) is 24.1 Å². The van der Waals surface area contributed by atoms with E-state index in [4.69, 9.17) is 0 Å². The molecule has 0 spiro atoms. The number of hydrogen-bond donors (Lipinski definition) is 2. The van der Waals surface area contributed by atoms with Crippen molar-refractivity contribution in [1.82, 2.24) is 5.32 Å². The lowest BCUT2D eigenvalue weighted by molar-refractivity contribution is 0.523. The smallest absolute Gasteiger partial charge is 0.0345 e. The summed E-state index contributed by atoms with van der Waals surface area (Å²) in [6, 6.07) is 7.87. The molecule has 1 heterocycles. The predicted octanol–water partition coefficient (Wildman–Crippen LogP) is 3.25. The van der Waals surface area contributed by atoms with Gasteiger partial charge in [-0.2, -0.15) is 0 Å². The van der Waals surface area contributed by atoms with Gasteiger partial charge in [-0.05, 0) is 69.8 Å². The van der Waals surface area contributed by atoms with Crippen LogP contribution in [0.25, 0.3) is 0 Å². The van der Waals surface area contributed by atoms with Crippen molar-refractivity contribution in [2.24, 2.45) is 0 Å². The molecule has 1 fully saturated rings. The summed E-state index contributed by atoms with van der Waals surface area (Å²) in [4.78, 5) is 0. The Morgan fingerprint density at radius 2 is 2.18 bits per heavy atom. The highest BCUT2D eigenvalue weighted by Crippen LogP contribution is 2.17. The van der Waals surface area contributed by atoms with Crippen LogP contribution in [0.3, 0.4) is 0 Å². The molecule has 0 amide bonds. The molecule has 2 nitrogen and oxygen atoms in total. The third-order valence-electron chi connectivity index (χ3n) is 3.72. The molecule has 2 N–H and O–H groups in total. The van der Waals surface area contributed by atoms with Crippen molar-refractivity contribution < 1.29 is 0 Å². The summed E-state index contributed by atoms with van der Waals surface area (Å²) in [5.41, 5.74) is 3.97. The zero-order chi connectivity index (χ0) is 12.3. The fourth-order valence-corrected chi connectivity index (χ4v) is 2.56. The largest absolute Gasteiger partial charge is 0.383 e. The maximum Gasteiger partial charge on any atom is 0.0345 e. The van der Waals surface area contributed by atoms with Crippen molar-refractivity contribution in [3.8, 4) is 0 Å². The van der Waals surface area contributed by atoms with Crippen molar-refractivity contribution in [2.75, 3.05) is 11.9 Å². The Labute approximate surface area is 105 Å². The van der Waals surface area contributed by atoms with E-state index in [1.807, 2.05) is 0 Å². The molecule has 94 valence electrons. The molecule has 2 atom stereocenters. The summed E-state index contributed by atoms with van der Waals surface area (Å²) >= 11 is 0. The van der Waals surface area contributed by atoms with E-state index < -0.39 is 0 Å². The van der Waals surface area contributed by atoms with Gasteiger partial charge in [-0.3, -0.25) is 0 Å².